The Morgan fingerprint density at radius 3 is 2.53 bits per heavy atom. The molecule has 0 bridgehead atoms. The van der Waals surface area contributed by atoms with Crippen LogP contribution in [0.4, 0.5) is 0 Å². The van der Waals surface area contributed by atoms with E-state index in [0.717, 1.165) is 0 Å². The summed E-state index contributed by atoms with van der Waals surface area (Å²) in [5.41, 5.74) is 0.714. The average Bonchev–Trinajstić information content (AvgIpc) is 2.19. The first-order valence-corrected chi connectivity index (χ1v) is 8.01. The monoisotopic (exact) mass is 295 g/mol. The van der Waals surface area contributed by atoms with Gasteiger partial charge in [0.15, 0.2) is 0 Å². The van der Waals surface area contributed by atoms with Crippen molar-refractivity contribution in [2.24, 2.45) is 0 Å². The minimum atomic E-state index is -3.09. The van der Waals surface area contributed by atoms with Gasteiger partial charge in [0.1, 0.15) is 9.84 Å². The second kappa shape index (κ2) is 6.05. The number of hydrogen-bond donors (Lipinski definition) is 1. The van der Waals surface area contributed by atoms with E-state index in [1.165, 1.54) is 6.26 Å². The highest BCUT2D eigenvalue weighted by molar-refractivity contribution is 7.90. The van der Waals surface area contributed by atoms with Crippen molar-refractivity contribution in [2.75, 3.05) is 18.6 Å². The molecule has 1 unspecified atom stereocenters. The quantitative estimate of drug-likeness (QED) is 0.908. The molecular weight excluding hydrogens is 281 g/mol. The zero-order chi connectivity index (χ0) is 13.1. The van der Waals surface area contributed by atoms with E-state index >= 15 is 0 Å². The van der Waals surface area contributed by atoms with Crippen LogP contribution in [0.3, 0.4) is 0 Å². The minimum Gasteiger partial charge on any atom is -0.309 e. The van der Waals surface area contributed by atoms with Crippen LogP contribution in [0.25, 0.3) is 0 Å². The lowest BCUT2D eigenvalue weighted by Crippen LogP contribution is -2.27. The summed E-state index contributed by atoms with van der Waals surface area (Å²) in [5, 5.41) is 4.16. The van der Waals surface area contributed by atoms with Crippen molar-refractivity contribution in [3.8, 4) is 0 Å². The largest absolute Gasteiger partial charge is 0.309 e. The molecule has 0 heterocycles. The third kappa shape index (κ3) is 4.84. The van der Waals surface area contributed by atoms with Gasteiger partial charge in [-0.05, 0) is 30.3 Å². The van der Waals surface area contributed by atoms with Crippen LogP contribution in [0.15, 0.2) is 18.2 Å². The molecule has 0 saturated carbocycles. The Bertz CT molecular complexity index is 488. The molecule has 1 N–H and O–H groups in total. The van der Waals surface area contributed by atoms with Crippen molar-refractivity contribution in [1.29, 1.82) is 0 Å². The maximum atomic E-state index is 11.4. The summed E-state index contributed by atoms with van der Waals surface area (Å²) < 4.78 is 22.7. The number of rotatable bonds is 5. The molecule has 1 atom stereocenters. The standard InChI is InChI=1S/C11H15Cl2NO2S/c1-3-14-11(7-17(2,15)16)9-6-8(12)4-5-10(9)13/h4-6,11,14H,3,7H2,1-2H3. The molecule has 1 aromatic carbocycles. The molecule has 0 saturated heterocycles. The average molecular weight is 296 g/mol. The van der Waals surface area contributed by atoms with E-state index < -0.39 is 9.84 Å². The topological polar surface area (TPSA) is 46.2 Å². The molecule has 0 aromatic heterocycles. The van der Waals surface area contributed by atoms with Gasteiger partial charge in [-0.15, -0.1) is 0 Å². The highest BCUT2D eigenvalue weighted by atomic mass is 35.5. The summed E-state index contributed by atoms with van der Waals surface area (Å²) >= 11 is 12.0. The number of benzene rings is 1. The maximum absolute atomic E-state index is 11.4. The molecule has 3 nitrogen and oxygen atoms in total. The van der Waals surface area contributed by atoms with Gasteiger partial charge in [-0.25, -0.2) is 8.42 Å². The van der Waals surface area contributed by atoms with Crippen molar-refractivity contribution < 1.29 is 8.42 Å². The first-order valence-electron chi connectivity index (χ1n) is 5.19. The lowest BCUT2D eigenvalue weighted by Gasteiger charge is -2.18. The maximum Gasteiger partial charge on any atom is 0.149 e. The Morgan fingerprint density at radius 1 is 1.35 bits per heavy atom. The van der Waals surface area contributed by atoms with Crippen molar-refractivity contribution in [3.63, 3.8) is 0 Å². The first kappa shape index (κ1) is 14.8. The van der Waals surface area contributed by atoms with Crippen LogP contribution in [0.5, 0.6) is 0 Å². The molecule has 0 aliphatic heterocycles. The van der Waals surface area contributed by atoms with Gasteiger partial charge < -0.3 is 5.32 Å². The van der Waals surface area contributed by atoms with Gasteiger partial charge in [-0.1, -0.05) is 30.1 Å². The van der Waals surface area contributed by atoms with E-state index in [4.69, 9.17) is 23.2 Å². The van der Waals surface area contributed by atoms with E-state index in [1.54, 1.807) is 18.2 Å². The molecule has 0 amide bonds. The summed E-state index contributed by atoms with van der Waals surface area (Å²) in [6.07, 6.45) is 1.20. The fourth-order valence-electron chi connectivity index (χ4n) is 1.59. The van der Waals surface area contributed by atoms with E-state index in [-0.39, 0.29) is 11.8 Å². The Labute approximate surface area is 112 Å². The lowest BCUT2D eigenvalue weighted by molar-refractivity contribution is 0.563. The third-order valence-electron chi connectivity index (χ3n) is 2.25. The summed E-state index contributed by atoms with van der Waals surface area (Å²) in [6.45, 7) is 2.57. The smallest absolute Gasteiger partial charge is 0.149 e. The van der Waals surface area contributed by atoms with Crippen LogP contribution < -0.4 is 5.32 Å². The highest BCUT2D eigenvalue weighted by Crippen LogP contribution is 2.27. The van der Waals surface area contributed by atoms with Gasteiger partial charge in [0.05, 0.1) is 5.75 Å². The van der Waals surface area contributed by atoms with E-state index in [1.807, 2.05) is 6.92 Å². The molecule has 0 aliphatic rings. The molecule has 0 spiro atoms. The molecule has 1 aromatic rings. The van der Waals surface area contributed by atoms with Crippen molar-refractivity contribution in [2.45, 2.75) is 13.0 Å². The van der Waals surface area contributed by atoms with Gasteiger partial charge in [0.25, 0.3) is 0 Å². The second-order valence-corrected chi connectivity index (χ2v) is 6.90. The second-order valence-electron chi connectivity index (χ2n) is 3.87. The molecule has 0 radical (unpaired) electrons. The summed E-state index contributed by atoms with van der Waals surface area (Å²) in [5.74, 6) is 0.000895. The molecule has 0 fully saturated rings. The number of nitrogens with one attached hydrogen (secondary N) is 1. The molecule has 0 aliphatic carbocycles. The molecule has 6 heteroatoms. The van der Waals surface area contributed by atoms with Gasteiger partial charge in [0.2, 0.25) is 0 Å². The summed E-state index contributed by atoms with van der Waals surface area (Å²) in [6, 6.07) is 4.71. The van der Waals surface area contributed by atoms with Crippen LogP contribution in [0.1, 0.15) is 18.5 Å². The first-order chi connectivity index (χ1) is 7.83. The summed E-state index contributed by atoms with van der Waals surface area (Å²) in [4.78, 5) is 0. The molecule has 96 valence electrons. The Morgan fingerprint density at radius 2 is 2.00 bits per heavy atom. The normalized spacial score (nSPS) is 13.6. The van der Waals surface area contributed by atoms with Crippen molar-refractivity contribution >= 4 is 33.0 Å². The highest BCUT2D eigenvalue weighted by Gasteiger charge is 2.19. The number of hydrogen-bond acceptors (Lipinski definition) is 3. The third-order valence-corrected chi connectivity index (χ3v) is 3.77. The van der Waals surface area contributed by atoms with Gasteiger partial charge in [-0.2, -0.15) is 0 Å². The van der Waals surface area contributed by atoms with Crippen molar-refractivity contribution in [3.05, 3.63) is 33.8 Å². The fraction of sp³-hybridized carbons (Fsp3) is 0.455. The summed E-state index contributed by atoms with van der Waals surface area (Å²) in [7, 11) is -3.09. The van der Waals surface area contributed by atoms with E-state index in [9.17, 15) is 8.42 Å². The predicted octanol–water partition coefficient (Wildman–Crippen LogP) is 2.69. The van der Waals surface area contributed by atoms with E-state index in [0.29, 0.717) is 22.2 Å². The number of halogens is 2. The van der Waals surface area contributed by atoms with Gasteiger partial charge >= 0.3 is 0 Å². The van der Waals surface area contributed by atoms with Gasteiger partial charge in [-0.3, -0.25) is 0 Å². The van der Waals surface area contributed by atoms with Crippen LogP contribution in [-0.2, 0) is 9.84 Å². The van der Waals surface area contributed by atoms with E-state index in [2.05, 4.69) is 5.32 Å². The molecule has 1 rings (SSSR count). The Balaban J connectivity index is 3.08. The van der Waals surface area contributed by atoms with Crippen LogP contribution in [-0.4, -0.2) is 27.0 Å². The van der Waals surface area contributed by atoms with Crippen LogP contribution in [0.2, 0.25) is 10.0 Å². The Kier molecular flexibility index (Phi) is 5.25. The van der Waals surface area contributed by atoms with Crippen molar-refractivity contribution in [1.82, 2.24) is 5.32 Å². The lowest BCUT2D eigenvalue weighted by atomic mass is 10.1. The molecule has 17 heavy (non-hydrogen) atoms. The number of sulfone groups is 1. The van der Waals surface area contributed by atoms with Crippen LogP contribution in [0, 0.1) is 0 Å². The van der Waals surface area contributed by atoms with Crippen LogP contribution >= 0.6 is 23.2 Å². The zero-order valence-electron chi connectivity index (χ0n) is 9.70. The van der Waals surface area contributed by atoms with Gasteiger partial charge in [0, 0.05) is 22.3 Å². The predicted molar refractivity (Wildman–Crippen MR) is 72.6 cm³/mol. The SMILES string of the molecule is CCNC(CS(C)(=O)=O)c1cc(Cl)ccc1Cl. The minimum absolute atomic E-state index is 0.000895. The fourth-order valence-corrected chi connectivity index (χ4v) is 2.92. The molecular formula is C11H15Cl2NO2S. The zero-order valence-corrected chi connectivity index (χ0v) is 12.0. The Hall–Kier alpha value is -0.290.